The molecule has 1 unspecified atom stereocenters. The van der Waals surface area contributed by atoms with Crippen molar-refractivity contribution in [1.29, 1.82) is 0 Å². The average Bonchev–Trinajstić information content (AvgIpc) is 3.10. The molecule has 0 radical (unpaired) electrons. The second-order valence-electron chi connectivity index (χ2n) is 6.92. The number of ether oxygens (including phenoxy) is 1. The molecule has 0 aliphatic carbocycles. The second-order valence-corrected chi connectivity index (χ2v) is 6.92. The smallest absolute Gasteiger partial charge is 0.226 e. The molecular weight excluding hydrogens is 368 g/mol. The fourth-order valence-corrected chi connectivity index (χ4v) is 2.43. The summed E-state index contributed by atoms with van der Waals surface area (Å²) in [6, 6.07) is 7.44. The van der Waals surface area contributed by atoms with Crippen molar-refractivity contribution in [2.24, 2.45) is 11.7 Å². The summed E-state index contributed by atoms with van der Waals surface area (Å²) < 4.78 is 10.4. The number of rotatable bonds is 9. The number of hydrogen-bond acceptors (Lipinski definition) is 6. The standard InChI is InChI=1S/C19H28N4O3.ClH/c1-13(2)19(3,12-20)22-16(24)6-5-7-17-21-18(23-26-17)14-8-10-15(25-4)11-9-14;/h8-11,13H,5-7,12,20H2,1-4H3,(H,22,24);1H. The highest BCUT2D eigenvalue weighted by Gasteiger charge is 2.28. The lowest BCUT2D eigenvalue weighted by molar-refractivity contribution is -0.123. The molecule has 0 saturated heterocycles. The molecule has 0 aliphatic heterocycles. The van der Waals surface area contributed by atoms with Crippen molar-refractivity contribution < 1.29 is 14.1 Å². The number of aromatic nitrogens is 2. The number of carbonyl (C=O) groups is 1. The molecule has 0 fully saturated rings. The molecule has 0 bridgehead atoms. The largest absolute Gasteiger partial charge is 0.497 e. The number of benzene rings is 1. The van der Waals surface area contributed by atoms with Gasteiger partial charge < -0.3 is 20.3 Å². The monoisotopic (exact) mass is 396 g/mol. The zero-order valence-corrected chi connectivity index (χ0v) is 17.1. The number of carbonyl (C=O) groups excluding carboxylic acids is 1. The van der Waals surface area contributed by atoms with Gasteiger partial charge >= 0.3 is 0 Å². The van der Waals surface area contributed by atoms with Crippen molar-refractivity contribution in [3.05, 3.63) is 30.2 Å². The Morgan fingerprint density at radius 3 is 2.56 bits per heavy atom. The first-order valence-corrected chi connectivity index (χ1v) is 8.86. The molecule has 150 valence electrons. The third-order valence-corrected chi connectivity index (χ3v) is 4.73. The first-order valence-electron chi connectivity index (χ1n) is 8.86. The Morgan fingerprint density at radius 2 is 2.00 bits per heavy atom. The van der Waals surface area contributed by atoms with Gasteiger partial charge in [-0.15, -0.1) is 12.4 Å². The summed E-state index contributed by atoms with van der Waals surface area (Å²) in [5.74, 6) is 2.08. The van der Waals surface area contributed by atoms with Gasteiger partial charge in [0.15, 0.2) is 0 Å². The first kappa shape index (κ1) is 22.9. The van der Waals surface area contributed by atoms with Crippen LogP contribution in [0.4, 0.5) is 0 Å². The normalized spacial score (nSPS) is 13.0. The van der Waals surface area contributed by atoms with Crippen molar-refractivity contribution >= 4 is 18.3 Å². The molecule has 0 saturated carbocycles. The highest BCUT2D eigenvalue weighted by Crippen LogP contribution is 2.20. The summed E-state index contributed by atoms with van der Waals surface area (Å²) in [7, 11) is 1.62. The molecular formula is C19H29ClN4O3. The minimum Gasteiger partial charge on any atom is -0.497 e. The molecule has 8 heteroatoms. The van der Waals surface area contributed by atoms with Crippen molar-refractivity contribution in [2.75, 3.05) is 13.7 Å². The van der Waals surface area contributed by atoms with Crippen molar-refractivity contribution in [1.82, 2.24) is 15.5 Å². The van der Waals surface area contributed by atoms with E-state index in [4.69, 9.17) is 15.0 Å². The molecule has 1 heterocycles. The molecule has 0 spiro atoms. The van der Waals surface area contributed by atoms with E-state index < -0.39 is 0 Å². The van der Waals surface area contributed by atoms with E-state index in [1.807, 2.05) is 45.0 Å². The van der Waals surface area contributed by atoms with E-state index in [2.05, 4.69) is 15.5 Å². The Kier molecular flexibility index (Phi) is 8.72. The summed E-state index contributed by atoms with van der Waals surface area (Å²) in [5.41, 5.74) is 6.27. The number of nitrogens with two attached hydrogens (primary N) is 1. The number of hydrogen-bond donors (Lipinski definition) is 2. The van der Waals surface area contributed by atoms with Crippen LogP contribution in [-0.2, 0) is 11.2 Å². The SMILES string of the molecule is COc1ccc(-c2noc(CCCC(=O)NC(C)(CN)C(C)C)n2)cc1.Cl. The van der Waals surface area contributed by atoms with Gasteiger partial charge in [0.05, 0.1) is 12.6 Å². The minimum absolute atomic E-state index is 0. The van der Waals surface area contributed by atoms with Crippen LogP contribution in [0, 0.1) is 5.92 Å². The highest BCUT2D eigenvalue weighted by atomic mass is 35.5. The maximum absolute atomic E-state index is 12.2. The Balaban J connectivity index is 0.00000364. The number of aryl methyl sites for hydroxylation is 1. The van der Waals surface area contributed by atoms with E-state index in [-0.39, 0.29) is 29.8 Å². The molecule has 1 amide bonds. The maximum Gasteiger partial charge on any atom is 0.226 e. The Morgan fingerprint density at radius 1 is 1.33 bits per heavy atom. The van der Waals surface area contributed by atoms with Crippen molar-refractivity contribution in [3.8, 4) is 17.1 Å². The van der Waals surface area contributed by atoms with E-state index >= 15 is 0 Å². The Hall–Kier alpha value is -2.12. The molecule has 1 aromatic carbocycles. The van der Waals surface area contributed by atoms with Gasteiger partial charge in [-0.3, -0.25) is 4.79 Å². The Labute approximate surface area is 166 Å². The van der Waals surface area contributed by atoms with Crippen LogP contribution in [0.1, 0.15) is 39.5 Å². The second kappa shape index (κ2) is 10.3. The Bertz CT molecular complexity index is 718. The van der Waals surface area contributed by atoms with Crippen LogP contribution >= 0.6 is 12.4 Å². The van der Waals surface area contributed by atoms with Gasteiger partial charge in [-0.05, 0) is 43.5 Å². The van der Waals surface area contributed by atoms with Gasteiger partial charge in [0.25, 0.3) is 0 Å². The molecule has 3 N–H and O–H groups in total. The topological polar surface area (TPSA) is 103 Å². The van der Waals surface area contributed by atoms with Crippen LogP contribution in [0.3, 0.4) is 0 Å². The first-order chi connectivity index (χ1) is 12.4. The fraction of sp³-hybridized carbons (Fsp3) is 0.526. The molecule has 1 atom stereocenters. The predicted octanol–water partition coefficient (Wildman–Crippen LogP) is 2.98. The lowest BCUT2D eigenvalue weighted by Gasteiger charge is -2.33. The number of methoxy groups -OCH3 is 1. The molecule has 27 heavy (non-hydrogen) atoms. The average molecular weight is 397 g/mol. The van der Waals surface area contributed by atoms with Gasteiger partial charge in [0, 0.05) is 24.9 Å². The van der Waals surface area contributed by atoms with Gasteiger partial charge in [-0.25, -0.2) is 0 Å². The summed E-state index contributed by atoms with van der Waals surface area (Å²) >= 11 is 0. The lowest BCUT2D eigenvalue weighted by Crippen LogP contribution is -2.54. The predicted molar refractivity (Wildman–Crippen MR) is 107 cm³/mol. The van der Waals surface area contributed by atoms with E-state index in [9.17, 15) is 4.79 Å². The molecule has 2 aromatic rings. The number of nitrogens with zero attached hydrogens (tertiary/aromatic N) is 2. The highest BCUT2D eigenvalue weighted by molar-refractivity contribution is 5.85. The lowest BCUT2D eigenvalue weighted by atomic mass is 9.88. The zero-order valence-electron chi connectivity index (χ0n) is 16.3. The van der Waals surface area contributed by atoms with Crippen LogP contribution in [0.25, 0.3) is 11.4 Å². The maximum atomic E-state index is 12.2. The summed E-state index contributed by atoms with van der Waals surface area (Å²) in [4.78, 5) is 16.5. The number of amides is 1. The van der Waals surface area contributed by atoms with Crippen LogP contribution in [-0.4, -0.2) is 35.2 Å². The fourth-order valence-electron chi connectivity index (χ4n) is 2.43. The van der Waals surface area contributed by atoms with E-state index in [1.54, 1.807) is 7.11 Å². The van der Waals surface area contributed by atoms with E-state index in [1.165, 1.54) is 0 Å². The number of nitrogens with one attached hydrogen (secondary N) is 1. The van der Waals surface area contributed by atoms with Gasteiger partial charge in [0.2, 0.25) is 17.6 Å². The quantitative estimate of drug-likeness (QED) is 0.675. The minimum atomic E-state index is -0.386. The van der Waals surface area contributed by atoms with Crippen molar-refractivity contribution in [3.63, 3.8) is 0 Å². The van der Waals surface area contributed by atoms with Gasteiger partial charge in [-0.1, -0.05) is 19.0 Å². The van der Waals surface area contributed by atoms with Crippen LogP contribution < -0.4 is 15.8 Å². The molecule has 0 aliphatic rings. The van der Waals surface area contributed by atoms with E-state index in [0.717, 1.165) is 11.3 Å². The van der Waals surface area contributed by atoms with E-state index in [0.29, 0.717) is 37.5 Å². The van der Waals surface area contributed by atoms with Crippen LogP contribution in [0.15, 0.2) is 28.8 Å². The van der Waals surface area contributed by atoms with Crippen LogP contribution in [0.2, 0.25) is 0 Å². The van der Waals surface area contributed by atoms with Gasteiger partial charge in [-0.2, -0.15) is 4.98 Å². The zero-order chi connectivity index (χ0) is 19.2. The van der Waals surface area contributed by atoms with Crippen LogP contribution in [0.5, 0.6) is 5.75 Å². The third kappa shape index (κ3) is 6.22. The summed E-state index contributed by atoms with van der Waals surface area (Å²) in [5, 5.41) is 7.02. The summed E-state index contributed by atoms with van der Waals surface area (Å²) in [6.07, 6.45) is 1.58. The van der Waals surface area contributed by atoms with Crippen molar-refractivity contribution in [2.45, 2.75) is 45.6 Å². The summed E-state index contributed by atoms with van der Waals surface area (Å²) in [6.45, 7) is 6.47. The third-order valence-electron chi connectivity index (χ3n) is 4.73. The number of halogens is 1. The van der Waals surface area contributed by atoms with Gasteiger partial charge in [0.1, 0.15) is 5.75 Å². The molecule has 7 nitrogen and oxygen atoms in total. The molecule has 2 rings (SSSR count). The molecule has 1 aromatic heterocycles.